The zero-order valence-electron chi connectivity index (χ0n) is 13.2. The Morgan fingerprint density at radius 3 is 2.57 bits per heavy atom. The largest absolute Gasteiger partial charge is 0.349 e. The van der Waals surface area contributed by atoms with Crippen molar-refractivity contribution in [1.29, 1.82) is 0 Å². The van der Waals surface area contributed by atoms with Gasteiger partial charge in [-0.25, -0.2) is 4.98 Å². The summed E-state index contributed by atoms with van der Waals surface area (Å²) in [6.07, 6.45) is 0.357. The maximum absolute atomic E-state index is 12.2. The normalized spacial score (nSPS) is 12.7. The molecule has 2 aromatic heterocycles. The van der Waals surface area contributed by atoms with E-state index in [1.165, 1.54) is 15.3 Å². The average molecular weight is 322 g/mol. The number of hydrogen-bond acceptors (Lipinski definition) is 4. The van der Waals surface area contributed by atoms with Crippen LogP contribution in [0.5, 0.6) is 0 Å². The number of aryl methyl sites for hydroxylation is 2. The maximum atomic E-state index is 12.2. The number of aromatic nitrogens is 1. The fraction of sp³-hybridized carbons (Fsp3) is 0.500. The summed E-state index contributed by atoms with van der Waals surface area (Å²) in [4.78, 5) is 19.2. The fourth-order valence-electron chi connectivity index (χ4n) is 2.28. The van der Waals surface area contributed by atoms with Crippen molar-refractivity contribution in [2.75, 3.05) is 0 Å². The molecule has 114 valence electrons. The van der Waals surface area contributed by atoms with Crippen molar-refractivity contribution >= 4 is 28.6 Å². The Hall–Kier alpha value is -1.20. The predicted molar refractivity (Wildman–Crippen MR) is 90.3 cm³/mol. The van der Waals surface area contributed by atoms with E-state index in [0.29, 0.717) is 12.3 Å². The molecular formula is C16H22N2OS2. The zero-order valence-corrected chi connectivity index (χ0v) is 14.8. The van der Waals surface area contributed by atoms with Gasteiger partial charge in [0.2, 0.25) is 5.91 Å². The van der Waals surface area contributed by atoms with Crippen LogP contribution in [0.1, 0.15) is 58.8 Å². The lowest BCUT2D eigenvalue weighted by Crippen LogP contribution is -2.28. The molecule has 0 aromatic carbocycles. The molecule has 2 rings (SSSR count). The summed E-state index contributed by atoms with van der Waals surface area (Å²) < 4.78 is 0. The maximum Gasteiger partial charge on any atom is 0.226 e. The molecule has 0 aliphatic carbocycles. The number of thiazole rings is 1. The van der Waals surface area contributed by atoms with Gasteiger partial charge in [-0.2, -0.15) is 0 Å². The standard InChI is InChI=1S/C16H22N2OS2/c1-9(2)16-18-13(8-20-16)7-15(19)17-11(4)14-6-10(3)21-12(14)5/h6,8-9,11H,7H2,1-5H3,(H,17,19). The Labute approximate surface area is 134 Å². The van der Waals surface area contributed by atoms with Crippen LogP contribution in [0.2, 0.25) is 0 Å². The first-order chi connectivity index (χ1) is 9.86. The second kappa shape index (κ2) is 6.71. The van der Waals surface area contributed by atoms with Crippen molar-refractivity contribution in [1.82, 2.24) is 10.3 Å². The molecule has 1 unspecified atom stereocenters. The minimum atomic E-state index is 0.0337. The first-order valence-corrected chi connectivity index (χ1v) is 8.87. The minimum absolute atomic E-state index is 0.0337. The molecule has 0 fully saturated rings. The van der Waals surface area contributed by atoms with Gasteiger partial charge in [0, 0.05) is 21.1 Å². The van der Waals surface area contributed by atoms with Gasteiger partial charge in [0.15, 0.2) is 0 Å². The number of thiophene rings is 1. The molecule has 0 saturated heterocycles. The van der Waals surface area contributed by atoms with Crippen molar-refractivity contribution in [3.8, 4) is 0 Å². The van der Waals surface area contributed by atoms with Crippen molar-refractivity contribution in [3.63, 3.8) is 0 Å². The molecule has 3 nitrogen and oxygen atoms in total. The van der Waals surface area contributed by atoms with Gasteiger partial charge in [-0.1, -0.05) is 13.8 Å². The first kappa shape index (κ1) is 16.2. The van der Waals surface area contributed by atoms with Crippen molar-refractivity contribution in [2.45, 2.75) is 53.0 Å². The highest BCUT2D eigenvalue weighted by atomic mass is 32.1. The van der Waals surface area contributed by atoms with Gasteiger partial charge in [-0.3, -0.25) is 4.79 Å². The van der Waals surface area contributed by atoms with Crippen LogP contribution in [0, 0.1) is 13.8 Å². The minimum Gasteiger partial charge on any atom is -0.349 e. The smallest absolute Gasteiger partial charge is 0.226 e. The molecule has 0 bridgehead atoms. The molecule has 0 saturated carbocycles. The van der Waals surface area contributed by atoms with Gasteiger partial charge >= 0.3 is 0 Å². The molecule has 1 atom stereocenters. The Morgan fingerprint density at radius 1 is 1.33 bits per heavy atom. The molecule has 2 heterocycles. The Bertz CT molecular complexity index is 628. The summed E-state index contributed by atoms with van der Waals surface area (Å²) in [5.41, 5.74) is 2.08. The van der Waals surface area contributed by atoms with E-state index < -0.39 is 0 Å². The van der Waals surface area contributed by atoms with E-state index in [1.54, 1.807) is 22.7 Å². The molecule has 0 aliphatic heterocycles. The van der Waals surface area contributed by atoms with Crippen LogP contribution < -0.4 is 5.32 Å². The SMILES string of the molecule is Cc1cc(C(C)NC(=O)Cc2csc(C(C)C)n2)c(C)s1. The third kappa shape index (κ3) is 4.14. The fourth-order valence-corrected chi connectivity index (χ4v) is 4.14. The van der Waals surface area contributed by atoms with Crippen LogP contribution >= 0.6 is 22.7 Å². The highest BCUT2D eigenvalue weighted by molar-refractivity contribution is 7.12. The lowest BCUT2D eigenvalue weighted by molar-refractivity contribution is -0.121. The number of nitrogens with one attached hydrogen (secondary N) is 1. The van der Waals surface area contributed by atoms with Gasteiger partial charge < -0.3 is 5.32 Å². The number of rotatable bonds is 5. The Morgan fingerprint density at radius 2 is 2.05 bits per heavy atom. The molecule has 0 spiro atoms. The molecule has 1 amide bonds. The Balaban J connectivity index is 1.96. The van der Waals surface area contributed by atoms with E-state index in [2.05, 4.69) is 44.1 Å². The first-order valence-electron chi connectivity index (χ1n) is 7.17. The van der Waals surface area contributed by atoms with Crippen LogP contribution in [-0.2, 0) is 11.2 Å². The number of carbonyl (C=O) groups is 1. The summed E-state index contributed by atoms with van der Waals surface area (Å²) in [6, 6.07) is 2.20. The summed E-state index contributed by atoms with van der Waals surface area (Å²) in [6.45, 7) is 10.5. The highest BCUT2D eigenvalue weighted by Crippen LogP contribution is 2.26. The van der Waals surface area contributed by atoms with Crippen LogP contribution in [0.15, 0.2) is 11.4 Å². The topological polar surface area (TPSA) is 42.0 Å². The summed E-state index contributed by atoms with van der Waals surface area (Å²) in [7, 11) is 0. The van der Waals surface area contributed by atoms with Crippen LogP contribution in [0.4, 0.5) is 0 Å². The molecule has 0 radical (unpaired) electrons. The monoisotopic (exact) mass is 322 g/mol. The average Bonchev–Trinajstić information content (AvgIpc) is 2.95. The molecule has 2 aromatic rings. The van der Waals surface area contributed by atoms with E-state index in [1.807, 2.05) is 12.3 Å². The predicted octanol–water partition coefficient (Wildman–Crippen LogP) is 4.36. The second-order valence-corrected chi connectivity index (χ2v) is 8.02. The van der Waals surface area contributed by atoms with E-state index >= 15 is 0 Å². The van der Waals surface area contributed by atoms with Gasteiger partial charge in [0.1, 0.15) is 0 Å². The molecular weight excluding hydrogens is 300 g/mol. The van der Waals surface area contributed by atoms with Crippen molar-refractivity contribution in [3.05, 3.63) is 37.5 Å². The van der Waals surface area contributed by atoms with Crippen LogP contribution in [-0.4, -0.2) is 10.9 Å². The number of amides is 1. The molecule has 0 aliphatic rings. The van der Waals surface area contributed by atoms with E-state index in [4.69, 9.17) is 0 Å². The highest BCUT2D eigenvalue weighted by Gasteiger charge is 2.15. The van der Waals surface area contributed by atoms with Gasteiger partial charge in [0.05, 0.1) is 23.2 Å². The van der Waals surface area contributed by atoms with E-state index in [-0.39, 0.29) is 11.9 Å². The van der Waals surface area contributed by atoms with Crippen molar-refractivity contribution in [2.24, 2.45) is 0 Å². The van der Waals surface area contributed by atoms with Crippen LogP contribution in [0.25, 0.3) is 0 Å². The third-order valence-corrected chi connectivity index (χ3v) is 5.50. The molecule has 1 N–H and O–H groups in total. The quantitative estimate of drug-likeness (QED) is 0.888. The van der Waals surface area contributed by atoms with Gasteiger partial charge in [-0.05, 0) is 32.4 Å². The van der Waals surface area contributed by atoms with E-state index in [0.717, 1.165) is 10.7 Å². The third-order valence-electron chi connectivity index (χ3n) is 3.33. The van der Waals surface area contributed by atoms with Crippen LogP contribution in [0.3, 0.4) is 0 Å². The lowest BCUT2D eigenvalue weighted by atomic mass is 10.1. The zero-order chi connectivity index (χ0) is 15.6. The van der Waals surface area contributed by atoms with Gasteiger partial charge in [0.25, 0.3) is 0 Å². The number of nitrogens with zero attached hydrogens (tertiary/aromatic N) is 1. The van der Waals surface area contributed by atoms with Gasteiger partial charge in [-0.15, -0.1) is 22.7 Å². The molecule has 21 heavy (non-hydrogen) atoms. The summed E-state index contributed by atoms with van der Waals surface area (Å²) >= 11 is 3.40. The lowest BCUT2D eigenvalue weighted by Gasteiger charge is -2.13. The molecule has 5 heteroatoms. The Kier molecular flexibility index (Phi) is 5.17. The number of hydrogen-bond donors (Lipinski definition) is 1. The summed E-state index contributed by atoms with van der Waals surface area (Å²) in [5, 5.41) is 6.15. The second-order valence-electron chi connectivity index (χ2n) is 5.67. The van der Waals surface area contributed by atoms with Crippen molar-refractivity contribution < 1.29 is 4.79 Å². The van der Waals surface area contributed by atoms with E-state index in [9.17, 15) is 4.79 Å². The summed E-state index contributed by atoms with van der Waals surface area (Å²) in [5.74, 6) is 0.452. The number of carbonyl (C=O) groups excluding carboxylic acids is 1.